The lowest BCUT2D eigenvalue weighted by atomic mass is 10.1. The molecule has 1 N–H and O–H groups in total. The molecule has 0 bridgehead atoms. The highest BCUT2D eigenvalue weighted by Gasteiger charge is 2.33. The Bertz CT molecular complexity index is 631. The van der Waals surface area contributed by atoms with Crippen LogP contribution in [0, 0.1) is 5.82 Å². The number of hydrogen-bond acceptors (Lipinski definition) is 5. The van der Waals surface area contributed by atoms with E-state index in [9.17, 15) is 14.0 Å². The first-order valence-corrected chi connectivity index (χ1v) is 9.90. The van der Waals surface area contributed by atoms with Crippen LogP contribution in [0.25, 0.3) is 0 Å². The molecule has 1 amide bonds. The van der Waals surface area contributed by atoms with E-state index in [-0.39, 0.29) is 30.3 Å². The van der Waals surface area contributed by atoms with Crippen molar-refractivity contribution in [3.05, 3.63) is 35.6 Å². The summed E-state index contributed by atoms with van der Waals surface area (Å²) in [6.07, 6.45) is 0. The smallest absolute Gasteiger partial charge is 0.324 e. The summed E-state index contributed by atoms with van der Waals surface area (Å²) in [5, 5.41) is 2.91. The Kier molecular flexibility index (Phi) is 7.06. The average molecular weight is 383 g/mol. The summed E-state index contributed by atoms with van der Waals surface area (Å²) in [4.78, 5) is 26.7. The fourth-order valence-electron chi connectivity index (χ4n) is 2.72. The van der Waals surface area contributed by atoms with Crippen molar-refractivity contribution in [3.63, 3.8) is 0 Å². The van der Waals surface area contributed by atoms with Gasteiger partial charge in [-0.3, -0.25) is 14.5 Å². The number of thioether (sulfide) groups is 1. The molecule has 1 heterocycles. The number of nitrogens with zero attached hydrogens (tertiary/aromatic N) is 1. The zero-order valence-electron chi connectivity index (χ0n) is 15.8. The van der Waals surface area contributed by atoms with Crippen LogP contribution >= 0.6 is 11.8 Å². The van der Waals surface area contributed by atoms with Gasteiger partial charge in [-0.15, -0.1) is 0 Å². The Morgan fingerprint density at radius 2 is 2.00 bits per heavy atom. The average Bonchev–Trinajstić information content (AvgIpc) is 2.54. The second-order valence-electron chi connectivity index (χ2n) is 7.44. The molecule has 144 valence electrons. The lowest BCUT2D eigenvalue weighted by Crippen LogP contribution is -2.52. The number of nitrogens with one attached hydrogen (secondary N) is 1. The number of halogens is 1. The Hall–Kier alpha value is -1.60. The molecule has 1 aliphatic rings. The van der Waals surface area contributed by atoms with Gasteiger partial charge >= 0.3 is 5.97 Å². The van der Waals surface area contributed by atoms with Gasteiger partial charge in [0.25, 0.3) is 0 Å². The second kappa shape index (κ2) is 8.86. The SMILES string of the molecule is C[C@H](NC(=O)CN1CCSC[C@H]1C(=O)OC(C)(C)C)c1ccc(F)cc1. The third-order valence-electron chi connectivity index (χ3n) is 4.01. The number of esters is 1. The number of carbonyl (C=O) groups is 2. The second-order valence-corrected chi connectivity index (χ2v) is 8.59. The number of benzene rings is 1. The number of carbonyl (C=O) groups excluding carboxylic acids is 2. The lowest BCUT2D eigenvalue weighted by Gasteiger charge is -2.35. The largest absolute Gasteiger partial charge is 0.459 e. The first-order valence-electron chi connectivity index (χ1n) is 8.75. The summed E-state index contributed by atoms with van der Waals surface area (Å²) in [7, 11) is 0. The number of ether oxygens (including phenoxy) is 1. The van der Waals surface area contributed by atoms with Crippen molar-refractivity contribution in [1.82, 2.24) is 10.2 Å². The number of amides is 1. The third kappa shape index (κ3) is 6.29. The van der Waals surface area contributed by atoms with Gasteiger partial charge < -0.3 is 10.1 Å². The van der Waals surface area contributed by atoms with Gasteiger partial charge in [-0.25, -0.2) is 4.39 Å². The van der Waals surface area contributed by atoms with Crippen LogP contribution in [0.3, 0.4) is 0 Å². The normalized spacial score (nSPS) is 19.7. The summed E-state index contributed by atoms with van der Waals surface area (Å²) in [6, 6.07) is 5.40. The van der Waals surface area contributed by atoms with Gasteiger partial charge in [0.05, 0.1) is 12.6 Å². The van der Waals surface area contributed by atoms with E-state index < -0.39 is 11.6 Å². The molecule has 0 aromatic heterocycles. The Morgan fingerprint density at radius 3 is 2.62 bits per heavy atom. The van der Waals surface area contributed by atoms with Crippen molar-refractivity contribution in [2.24, 2.45) is 0 Å². The molecule has 5 nitrogen and oxygen atoms in total. The van der Waals surface area contributed by atoms with Crippen molar-refractivity contribution >= 4 is 23.6 Å². The summed E-state index contributed by atoms with van der Waals surface area (Å²) >= 11 is 1.69. The minimum absolute atomic E-state index is 0.135. The molecule has 0 aliphatic carbocycles. The third-order valence-corrected chi connectivity index (χ3v) is 5.04. The molecule has 1 saturated heterocycles. The quantitative estimate of drug-likeness (QED) is 0.794. The van der Waals surface area contributed by atoms with E-state index in [2.05, 4.69) is 5.32 Å². The minimum atomic E-state index is -0.551. The highest BCUT2D eigenvalue weighted by Crippen LogP contribution is 2.20. The molecule has 2 atom stereocenters. The Morgan fingerprint density at radius 1 is 1.35 bits per heavy atom. The molecule has 1 fully saturated rings. The highest BCUT2D eigenvalue weighted by molar-refractivity contribution is 7.99. The molecule has 1 aromatic rings. The van der Waals surface area contributed by atoms with E-state index in [1.165, 1.54) is 12.1 Å². The van der Waals surface area contributed by atoms with Crippen LogP contribution in [0.15, 0.2) is 24.3 Å². The van der Waals surface area contributed by atoms with Crippen LogP contribution < -0.4 is 5.32 Å². The van der Waals surface area contributed by atoms with E-state index in [0.717, 1.165) is 11.3 Å². The van der Waals surface area contributed by atoms with E-state index in [0.29, 0.717) is 12.3 Å². The van der Waals surface area contributed by atoms with Crippen molar-refractivity contribution < 1.29 is 18.7 Å². The minimum Gasteiger partial charge on any atom is -0.459 e. The first kappa shape index (κ1) is 20.7. The molecular formula is C19H27FN2O3S. The maximum Gasteiger partial charge on any atom is 0.324 e. The van der Waals surface area contributed by atoms with Gasteiger partial charge in [-0.05, 0) is 45.4 Å². The predicted octanol–water partition coefficient (Wildman–Crippen LogP) is 2.76. The van der Waals surface area contributed by atoms with Crippen molar-refractivity contribution in [2.45, 2.75) is 45.4 Å². The van der Waals surface area contributed by atoms with E-state index >= 15 is 0 Å². The molecule has 1 aliphatic heterocycles. The summed E-state index contributed by atoms with van der Waals surface area (Å²) < 4.78 is 18.5. The zero-order chi connectivity index (χ0) is 19.3. The van der Waals surface area contributed by atoms with Crippen LogP contribution in [0.2, 0.25) is 0 Å². The van der Waals surface area contributed by atoms with E-state index in [1.54, 1.807) is 23.9 Å². The van der Waals surface area contributed by atoms with Crippen LogP contribution in [0.5, 0.6) is 0 Å². The molecular weight excluding hydrogens is 355 g/mol. The number of hydrogen-bond donors (Lipinski definition) is 1. The van der Waals surface area contributed by atoms with Crippen LogP contribution in [-0.4, -0.2) is 53.0 Å². The van der Waals surface area contributed by atoms with Gasteiger partial charge in [-0.2, -0.15) is 11.8 Å². The molecule has 2 rings (SSSR count). The fourth-order valence-corrected chi connectivity index (χ4v) is 3.82. The Balaban J connectivity index is 1.94. The molecule has 1 aromatic carbocycles. The lowest BCUT2D eigenvalue weighted by molar-refractivity contribution is -0.160. The van der Waals surface area contributed by atoms with E-state index in [4.69, 9.17) is 4.74 Å². The van der Waals surface area contributed by atoms with Crippen molar-refractivity contribution in [2.75, 3.05) is 24.6 Å². The Labute approximate surface area is 158 Å². The zero-order valence-corrected chi connectivity index (χ0v) is 16.6. The van der Waals surface area contributed by atoms with Crippen LogP contribution in [-0.2, 0) is 14.3 Å². The molecule has 7 heteroatoms. The van der Waals surface area contributed by atoms with Gasteiger partial charge in [0.1, 0.15) is 17.5 Å². The summed E-state index contributed by atoms with van der Waals surface area (Å²) in [6.45, 7) is 8.15. The van der Waals surface area contributed by atoms with Gasteiger partial charge in [0.15, 0.2) is 0 Å². The van der Waals surface area contributed by atoms with Crippen LogP contribution in [0.1, 0.15) is 39.3 Å². The maximum atomic E-state index is 13.0. The maximum absolute atomic E-state index is 13.0. The summed E-state index contributed by atoms with van der Waals surface area (Å²) in [5.74, 6) is 0.736. The van der Waals surface area contributed by atoms with Crippen molar-refractivity contribution in [3.8, 4) is 0 Å². The molecule has 26 heavy (non-hydrogen) atoms. The molecule has 0 radical (unpaired) electrons. The molecule has 0 unspecified atom stereocenters. The monoisotopic (exact) mass is 382 g/mol. The molecule has 0 spiro atoms. The molecule has 0 saturated carbocycles. The van der Waals surface area contributed by atoms with Crippen molar-refractivity contribution in [1.29, 1.82) is 0 Å². The van der Waals surface area contributed by atoms with Gasteiger partial charge in [-0.1, -0.05) is 12.1 Å². The number of rotatable bonds is 5. The summed E-state index contributed by atoms with van der Waals surface area (Å²) in [5.41, 5.74) is 0.280. The first-order chi connectivity index (χ1) is 12.2. The van der Waals surface area contributed by atoms with Gasteiger partial charge in [0.2, 0.25) is 5.91 Å². The standard InChI is InChI=1S/C19H27FN2O3S/c1-13(14-5-7-15(20)8-6-14)21-17(23)11-22-9-10-26-12-16(22)18(24)25-19(2,3)4/h5-8,13,16H,9-12H2,1-4H3,(H,21,23)/t13-,16-/m0/s1. The highest BCUT2D eigenvalue weighted by atomic mass is 32.2. The predicted molar refractivity (Wildman–Crippen MR) is 101 cm³/mol. The topological polar surface area (TPSA) is 58.6 Å². The van der Waals surface area contributed by atoms with Crippen LogP contribution in [0.4, 0.5) is 4.39 Å². The van der Waals surface area contributed by atoms with Gasteiger partial charge in [0, 0.05) is 18.1 Å². The van der Waals surface area contributed by atoms with E-state index in [1.807, 2.05) is 32.6 Å². The fraction of sp³-hybridized carbons (Fsp3) is 0.579.